The number of phenols is 2. The molecule has 0 atom stereocenters. The topological polar surface area (TPSA) is 128 Å². The van der Waals surface area contributed by atoms with E-state index in [0.717, 1.165) is 18.2 Å². The van der Waals surface area contributed by atoms with Crippen molar-refractivity contribution in [1.29, 1.82) is 0 Å². The van der Waals surface area contributed by atoms with Crippen LogP contribution in [0.5, 0.6) is 11.5 Å². The number of aromatic hydroxyl groups is 2. The number of phenolic OH excluding ortho intramolecular Hbond substituents is 2. The molecule has 0 radical (unpaired) electrons. The highest BCUT2D eigenvalue weighted by Crippen LogP contribution is 2.39. The average molecular weight is 332 g/mol. The fourth-order valence-electron chi connectivity index (χ4n) is 2.22. The molecule has 1 aromatic carbocycles. The first kappa shape index (κ1) is 15.2. The van der Waals surface area contributed by atoms with Gasteiger partial charge in [0.15, 0.2) is 17.8 Å². The summed E-state index contributed by atoms with van der Waals surface area (Å²) in [5.41, 5.74) is -0.422. The van der Waals surface area contributed by atoms with Gasteiger partial charge in [-0.15, -0.1) is 0 Å². The molecule has 0 amide bonds. The van der Waals surface area contributed by atoms with Crippen molar-refractivity contribution in [2.24, 2.45) is 0 Å². The monoisotopic (exact) mass is 332 g/mol. The molecular weight excluding hydrogens is 323 g/mol. The highest BCUT2D eigenvalue weighted by molar-refractivity contribution is 5.71. The Labute approximate surface area is 133 Å². The van der Waals surface area contributed by atoms with Gasteiger partial charge >= 0.3 is 5.69 Å². The van der Waals surface area contributed by atoms with E-state index >= 15 is 0 Å². The van der Waals surface area contributed by atoms with E-state index in [1.54, 1.807) is 0 Å². The van der Waals surface area contributed by atoms with Crippen LogP contribution < -0.4 is 4.73 Å². The second kappa shape index (κ2) is 5.50. The number of hydrogen-bond donors (Lipinski definition) is 2. The molecule has 0 saturated heterocycles. The summed E-state index contributed by atoms with van der Waals surface area (Å²) >= 11 is 0. The fourth-order valence-corrected chi connectivity index (χ4v) is 2.22. The van der Waals surface area contributed by atoms with Crippen LogP contribution in [0.3, 0.4) is 0 Å². The maximum Gasteiger partial charge on any atom is 0.315 e. The van der Waals surface area contributed by atoms with Crippen molar-refractivity contribution in [2.45, 2.75) is 0 Å². The van der Waals surface area contributed by atoms with Crippen LogP contribution in [0, 0.1) is 21.3 Å². The van der Waals surface area contributed by atoms with Crippen LogP contribution in [0.15, 0.2) is 42.9 Å². The van der Waals surface area contributed by atoms with Crippen LogP contribution in [0.2, 0.25) is 0 Å². The fraction of sp³-hybridized carbons (Fsp3) is 0. The number of nitro benzene ring substituents is 1. The summed E-state index contributed by atoms with van der Waals surface area (Å²) in [7, 11) is 0. The highest BCUT2D eigenvalue weighted by atomic mass is 19.1. The zero-order chi connectivity index (χ0) is 17.4. The third-order valence-electron chi connectivity index (χ3n) is 3.33. The number of aromatic nitrogens is 3. The molecular formula is C14H9FN4O5. The first-order valence-corrected chi connectivity index (χ1v) is 6.51. The molecule has 2 heterocycles. The third kappa shape index (κ3) is 2.35. The number of rotatable bonds is 3. The molecule has 0 aliphatic carbocycles. The Kier molecular flexibility index (Phi) is 3.49. The van der Waals surface area contributed by atoms with Gasteiger partial charge in [-0.2, -0.15) is 8.96 Å². The Morgan fingerprint density at radius 3 is 2.75 bits per heavy atom. The molecule has 3 aromatic rings. The minimum absolute atomic E-state index is 0.0276. The molecule has 9 nitrogen and oxygen atoms in total. The van der Waals surface area contributed by atoms with Crippen LogP contribution in [0.25, 0.3) is 17.1 Å². The van der Waals surface area contributed by atoms with Gasteiger partial charge in [-0.3, -0.25) is 10.1 Å². The first-order valence-electron chi connectivity index (χ1n) is 6.51. The van der Waals surface area contributed by atoms with Gasteiger partial charge in [0, 0.05) is 23.8 Å². The molecule has 0 spiro atoms. The number of nitrogens with zero attached hydrogens (tertiary/aromatic N) is 4. The molecule has 3 rings (SSSR count). The number of benzene rings is 1. The Morgan fingerprint density at radius 1 is 1.29 bits per heavy atom. The molecule has 0 fully saturated rings. The molecule has 2 aromatic heterocycles. The maximum absolute atomic E-state index is 13.4. The van der Waals surface area contributed by atoms with Crippen LogP contribution >= 0.6 is 0 Å². The largest absolute Gasteiger partial charge is 0.709 e. The Morgan fingerprint density at radius 2 is 2.04 bits per heavy atom. The van der Waals surface area contributed by atoms with E-state index in [1.165, 1.54) is 29.2 Å². The molecule has 0 aliphatic rings. The summed E-state index contributed by atoms with van der Waals surface area (Å²) in [6.07, 6.45) is 2.49. The number of imidazole rings is 1. The Hall–Kier alpha value is -3.69. The quantitative estimate of drug-likeness (QED) is 0.187. The molecule has 0 bridgehead atoms. The maximum atomic E-state index is 13.4. The van der Waals surface area contributed by atoms with Crippen molar-refractivity contribution in [3.8, 4) is 28.6 Å². The van der Waals surface area contributed by atoms with E-state index in [4.69, 9.17) is 0 Å². The van der Waals surface area contributed by atoms with E-state index < -0.39 is 28.1 Å². The van der Waals surface area contributed by atoms with Crippen LogP contribution in [-0.4, -0.2) is 24.7 Å². The highest BCUT2D eigenvalue weighted by Gasteiger charge is 2.24. The van der Waals surface area contributed by atoms with Crippen molar-refractivity contribution >= 4 is 5.69 Å². The normalized spacial score (nSPS) is 10.7. The SMILES string of the molecule is O=[N+]([O-])c1cc(-c2cncn2-c2cccc(F)[n+]2[O-])cc(O)c1O. The van der Waals surface area contributed by atoms with E-state index in [9.17, 15) is 29.9 Å². The van der Waals surface area contributed by atoms with Crippen molar-refractivity contribution < 1.29 is 24.3 Å². The summed E-state index contributed by atoms with van der Waals surface area (Å²) in [6, 6.07) is 5.71. The van der Waals surface area contributed by atoms with Gasteiger partial charge in [0.05, 0.1) is 11.1 Å². The second-order valence-electron chi connectivity index (χ2n) is 4.77. The predicted molar refractivity (Wildman–Crippen MR) is 77.9 cm³/mol. The molecule has 10 heteroatoms. The van der Waals surface area contributed by atoms with Crippen LogP contribution in [0.1, 0.15) is 0 Å². The minimum atomic E-state index is -1.04. The molecule has 2 N–H and O–H groups in total. The zero-order valence-electron chi connectivity index (χ0n) is 11.8. The average Bonchev–Trinajstić information content (AvgIpc) is 3.01. The summed E-state index contributed by atoms with van der Waals surface area (Å²) in [6.45, 7) is 0. The lowest BCUT2D eigenvalue weighted by atomic mass is 10.1. The standard InChI is InChI=1S/C14H9FN4O5/c15-12-2-1-3-13(18(12)22)17-7-16-6-10(17)8-4-9(19(23)24)14(21)11(20)5-8/h1-7,20-21H. The number of nitro groups is 1. The molecule has 24 heavy (non-hydrogen) atoms. The van der Waals surface area contributed by atoms with Crippen molar-refractivity contribution in [1.82, 2.24) is 9.55 Å². The lowest BCUT2D eigenvalue weighted by molar-refractivity contribution is -0.631. The molecule has 0 aliphatic heterocycles. The smallest absolute Gasteiger partial charge is 0.315 e. The molecule has 0 saturated carbocycles. The van der Waals surface area contributed by atoms with Gasteiger partial charge in [-0.1, -0.05) is 0 Å². The Balaban J connectivity index is 2.22. The molecule has 0 unspecified atom stereocenters. The van der Waals surface area contributed by atoms with Gasteiger partial charge in [0.2, 0.25) is 5.75 Å². The van der Waals surface area contributed by atoms with Crippen LogP contribution in [-0.2, 0) is 0 Å². The lowest BCUT2D eigenvalue weighted by Gasteiger charge is -2.10. The summed E-state index contributed by atoms with van der Waals surface area (Å²) in [5.74, 6) is -2.75. The summed E-state index contributed by atoms with van der Waals surface area (Å²) < 4.78 is 14.7. The van der Waals surface area contributed by atoms with Gasteiger partial charge in [0.25, 0.3) is 11.8 Å². The van der Waals surface area contributed by atoms with Gasteiger partial charge in [-0.25, -0.2) is 9.71 Å². The number of pyridine rings is 1. The van der Waals surface area contributed by atoms with Gasteiger partial charge in [0.1, 0.15) is 0 Å². The van der Waals surface area contributed by atoms with Crippen LogP contribution in [0.4, 0.5) is 10.1 Å². The van der Waals surface area contributed by atoms with E-state index in [0.29, 0.717) is 0 Å². The zero-order valence-corrected chi connectivity index (χ0v) is 11.8. The number of halogens is 1. The van der Waals surface area contributed by atoms with Crippen molar-refractivity contribution in [3.63, 3.8) is 0 Å². The van der Waals surface area contributed by atoms with Gasteiger partial charge in [-0.05, 0) is 12.1 Å². The van der Waals surface area contributed by atoms with Crippen molar-refractivity contribution in [3.05, 3.63) is 64.1 Å². The van der Waals surface area contributed by atoms with Gasteiger partial charge < -0.3 is 15.4 Å². The second-order valence-corrected chi connectivity index (χ2v) is 4.77. The summed E-state index contributed by atoms with van der Waals surface area (Å²) in [5, 5.41) is 42.0. The molecule has 122 valence electrons. The third-order valence-corrected chi connectivity index (χ3v) is 3.33. The minimum Gasteiger partial charge on any atom is -0.709 e. The van der Waals surface area contributed by atoms with E-state index in [2.05, 4.69) is 4.98 Å². The van der Waals surface area contributed by atoms with Crippen molar-refractivity contribution in [2.75, 3.05) is 0 Å². The number of hydrogen-bond acceptors (Lipinski definition) is 6. The first-order chi connectivity index (χ1) is 11.4. The van der Waals surface area contributed by atoms with E-state index in [1.807, 2.05) is 0 Å². The Bertz CT molecular complexity index is 956. The lowest BCUT2D eigenvalue weighted by Crippen LogP contribution is -2.36. The van der Waals surface area contributed by atoms with E-state index in [-0.39, 0.29) is 21.8 Å². The summed E-state index contributed by atoms with van der Waals surface area (Å²) in [4.78, 5) is 13.9. The predicted octanol–water partition coefficient (Wildman–Crippen LogP) is 1.63.